The lowest BCUT2D eigenvalue weighted by Crippen LogP contribution is -2.26. The second kappa shape index (κ2) is 29.3. The molecular weight excluding hydrogens is 1100 g/mol. The summed E-state index contributed by atoms with van der Waals surface area (Å²) in [5.74, 6) is 3.63. The summed E-state index contributed by atoms with van der Waals surface area (Å²) in [5.41, 5.74) is 10.9. The summed E-state index contributed by atoms with van der Waals surface area (Å²) in [6.07, 6.45) is 0. The third-order valence-corrected chi connectivity index (χ3v) is 14.5. The van der Waals surface area contributed by atoms with Crippen LogP contribution < -0.4 is 41.7 Å². The van der Waals surface area contributed by atoms with E-state index in [2.05, 4.69) is 216 Å². The molecule has 0 aliphatic carbocycles. The van der Waals surface area contributed by atoms with Gasteiger partial charge in [0.15, 0.2) is 0 Å². The molecule has 87 heavy (non-hydrogen) atoms. The smallest absolute Gasteiger partial charge is 0.232 e. The van der Waals surface area contributed by atoms with Crippen LogP contribution in [-0.4, -0.2) is 44.9 Å². The Hall–Kier alpha value is -10.5. The Morgan fingerprint density at radius 2 is 0.552 bits per heavy atom. The first-order chi connectivity index (χ1) is 42.7. The molecule has 0 saturated heterocycles. The highest BCUT2D eigenvalue weighted by Crippen LogP contribution is 2.26. The summed E-state index contributed by atoms with van der Waals surface area (Å²) in [4.78, 5) is 47.7. The standard InChI is InChI=1S/C69H68ClN17/c1-49(59-35-17-7-18-36-59)75-66-80-64(82-68(84-66)86(45-51-23-9-3-10-24-51)46-52-25-11-4-12-26-52)73-43-57-33-21-31-55(39-57)41-71-62-77-61(70)78-63(79-62)72-42-56-32-22-34-58(40-56)44-74-65-81-67(76-50(2)60-37-19-8-20-38-60)85-69(83-65)87(47-53-27-13-5-14-28-53)48-54-29-15-6-16-30-54/h3-40,49-50H,41-48H2,1-2H3,(H2,71,72,77,78,79)(H2,73,75,80,82,84)(H2,74,76,81,83,85)/t49-,50-/m0/s1. The Morgan fingerprint density at radius 1 is 0.299 bits per heavy atom. The summed E-state index contributed by atoms with van der Waals surface area (Å²) in [5, 5.41) is 20.9. The molecule has 0 spiro atoms. The van der Waals surface area contributed by atoms with Crippen LogP contribution >= 0.6 is 11.6 Å². The molecular formula is C69H68ClN17. The van der Waals surface area contributed by atoms with Crippen LogP contribution in [0.4, 0.5) is 47.6 Å². The van der Waals surface area contributed by atoms with E-state index in [0.29, 0.717) is 99.9 Å². The van der Waals surface area contributed by atoms with Crippen LogP contribution in [0, 0.1) is 0 Å². The first-order valence-corrected chi connectivity index (χ1v) is 29.5. The van der Waals surface area contributed by atoms with Crippen molar-refractivity contribution in [3.8, 4) is 0 Å². The van der Waals surface area contributed by atoms with E-state index in [-0.39, 0.29) is 17.4 Å². The monoisotopic (exact) mass is 1170 g/mol. The zero-order valence-electron chi connectivity index (χ0n) is 48.5. The Bertz CT molecular complexity index is 3580. The molecule has 3 heterocycles. The molecule has 0 radical (unpaired) electrons. The van der Waals surface area contributed by atoms with Crippen molar-refractivity contribution in [3.63, 3.8) is 0 Å². The van der Waals surface area contributed by atoms with E-state index in [4.69, 9.17) is 41.5 Å². The highest BCUT2D eigenvalue weighted by molar-refractivity contribution is 6.28. The van der Waals surface area contributed by atoms with Crippen molar-refractivity contribution in [2.45, 2.75) is 78.3 Å². The van der Waals surface area contributed by atoms with Gasteiger partial charge in [-0.2, -0.15) is 44.9 Å². The van der Waals surface area contributed by atoms with Crippen LogP contribution in [0.1, 0.15) is 81.6 Å². The van der Waals surface area contributed by atoms with Gasteiger partial charge >= 0.3 is 0 Å². The summed E-state index contributed by atoms with van der Waals surface area (Å²) < 4.78 is 0. The van der Waals surface area contributed by atoms with E-state index >= 15 is 0 Å². The number of rotatable bonds is 28. The van der Waals surface area contributed by atoms with Crippen LogP contribution in [0.25, 0.3) is 0 Å². The van der Waals surface area contributed by atoms with Gasteiger partial charge in [0.25, 0.3) is 0 Å². The third kappa shape index (κ3) is 17.3. The Morgan fingerprint density at radius 3 is 0.862 bits per heavy atom. The van der Waals surface area contributed by atoms with Gasteiger partial charge in [0.1, 0.15) is 0 Å². The first-order valence-electron chi connectivity index (χ1n) is 29.1. The number of aromatic nitrogens is 9. The normalized spacial score (nSPS) is 11.7. The quantitative estimate of drug-likeness (QED) is 0.0271. The summed E-state index contributed by atoms with van der Waals surface area (Å²) in [6, 6.07) is 78.4. The number of hydrogen-bond donors (Lipinski definition) is 6. The SMILES string of the molecule is C[C@H](Nc1nc(NCc2cccc(CNc3nc(Cl)nc(NCc4cccc(CNc5nc(N[C@@H](C)c6ccccc6)nc(N(Cc6ccccc6)Cc6ccccc6)n5)c4)n3)c2)nc(N(Cc2ccccc2)Cc2ccccc2)n1)c1ccccc1. The van der Waals surface area contributed by atoms with Crippen molar-refractivity contribution in [1.29, 1.82) is 0 Å². The van der Waals surface area contributed by atoms with E-state index in [9.17, 15) is 0 Å². The van der Waals surface area contributed by atoms with Gasteiger partial charge in [-0.1, -0.05) is 231 Å². The molecule has 0 aliphatic heterocycles. The molecule has 0 fully saturated rings. The Kier molecular flexibility index (Phi) is 19.6. The average molecular weight is 1170 g/mol. The Labute approximate surface area is 512 Å². The molecule has 3 aromatic heterocycles. The summed E-state index contributed by atoms with van der Waals surface area (Å²) in [6.45, 7) is 8.40. The van der Waals surface area contributed by atoms with Crippen LogP contribution in [0.2, 0.25) is 5.28 Å². The zero-order chi connectivity index (χ0) is 59.4. The molecule has 0 aliphatic rings. The second-order valence-electron chi connectivity index (χ2n) is 21.1. The maximum Gasteiger partial charge on any atom is 0.232 e. The van der Waals surface area contributed by atoms with E-state index in [0.717, 1.165) is 55.6 Å². The van der Waals surface area contributed by atoms with Gasteiger partial charge in [0.2, 0.25) is 52.9 Å². The lowest BCUT2D eigenvalue weighted by atomic mass is 10.1. The molecule has 11 rings (SSSR count). The largest absolute Gasteiger partial charge is 0.350 e. The molecule has 17 nitrogen and oxygen atoms in total. The average Bonchev–Trinajstić information content (AvgIpc) is 3.55. The van der Waals surface area contributed by atoms with Crippen molar-refractivity contribution in [3.05, 3.63) is 291 Å². The molecule has 0 bridgehead atoms. The fourth-order valence-corrected chi connectivity index (χ4v) is 10.0. The van der Waals surface area contributed by atoms with Crippen molar-refractivity contribution >= 4 is 59.2 Å². The number of hydrogen-bond acceptors (Lipinski definition) is 17. The zero-order valence-corrected chi connectivity index (χ0v) is 49.3. The lowest BCUT2D eigenvalue weighted by molar-refractivity contribution is 0.753. The van der Waals surface area contributed by atoms with Gasteiger partial charge in [0, 0.05) is 52.4 Å². The second-order valence-corrected chi connectivity index (χ2v) is 21.4. The topological polar surface area (TPSA) is 195 Å². The predicted octanol–water partition coefficient (Wildman–Crippen LogP) is 14.1. The minimum Gasteiger partial charge on any atom is -0.350 e. The van der Waals surface area contributed by atoms with Crippen LogP contribution in [0.15, 0.2) is 231 Å². The minimum absolute atomic E-state index is 0.0561. The van der Waals surface area contributed by atoms with Crippen molar-refractivity contribution < 1.29 is 0 Å². The fourth-order valence-electron chi connectivity index (χ4n) is 9.88. The number of nitrogens with zero attached hydrogens (tertiary/aromatic N) is 11. The van der Waals surface area contributed by atoms with Gasteiger partial charge < -0.3 is 41.7 Å². The highest BCUT2D eigenvalue weighted by Gasteiger charge is 2.20. The van der Waals surface area contributed by atoms with Crippen LogP contribution in [-0.2, 0) is 52.4 Å². The minimum atomic E-state index is -0.0561. The number of benzene rings is 8. The first kappa shape index (κ1) is 58.3. The fraction of sp³-hybridized carbons (Fsp3) is 0.174. The van der Waals surface area contributed by atoms with Gasteiger partial charge in [0.05, 0.1) is 12.1 Å². The summed E-state index contributed by atoms with van der Waals surface area (Å²) >= 11 is 6.52. The molecule has 8 aromatic carbocycles. The van der Waals surface area contributed by atoms with Crippen molar-refractivity contribution in [2.75, 3.05) is 41.7 Å². The highest BCUT2D eigenvalue weighted by atomic mass is 35.5. The van der Waals surface area contributed by atoms with Crippen molar-refractivity contribution in [1.82, 2.24) is 44.9 Å². The van der Waals surface area contributed by atoms with E-state index < -0.39 is 0 Å². The van der Waals surface area contributed by atoms with Crippen molar-refractivity contribution in [2.24, 2.45) is 0 Å². The van der Waals surface area contributed by atoms with Crippen LogP contribution in [0.3, 0.4) is 0 Å². The number of halogens is 1. The third-order valence-electron chi connectivity index (χ3n) is 14.4. The van der Waals surface area contributed by atoms with Gasteiger partial charge in [-0.15, -0.1) is 0 Å². The molecule has 11 aromatic rings. The van der Waals surface area contributed by atoms with Gasteiger partial charge in [-0.05, 0) is 81.1 Å². The maximum atomic E-state index is 6.52. The molecule has 18 heteroatoms. The van der Waals surface area contributed by atoms with E-state index in [1.54, 1.807) is 0 Å². The van der Waals surface area contributed by atoms with E-state index in [1.807, 2.05) is 84.9 Å². The molecule has 2 atom stereocenters. The van der Waals surface area contributed by atoms with Crippen LogP contribution in [0.5, 0.6) is 0 Å². The predicted molar refractivity (Wildman–Crippen MR) is 349 cm³/mol. The van der Waals surface area contributed by atoms with Gasteiger partial charge in [-0.3, -0.25) is 0 Å². The lowest BCUT2D eigenvalue weighted by Gasteiger charge is -2.24. The molecule has 0 unspecified atom stereocenters. The molecule has 6 N–H and O–H groups in total. The molecule has 436 valence electrons. The number of nitrogens with one attached hydrogen (secondary N) is 6. The number of anilines is 8. The molecule has 0 amide bonds. The van der Waals surface area contributed by atoms with Gasteiger partial charge in [-0.25, -0.2) is 0 Å². The van der Waals surface area contributed by atoms with E-state index in [1.165, 1.54) is 0 Å². The summed E-state index contributed by atoms with van der Waals surface area (Å²) in [7, 11) is 0. The molecule has 0 saturated carbocycles. The maximum absolute atomic E-state index is 6.52. The Balaban J connectivity index is 0.740.